The van der Waals surface area contributed by atoms with Crippen molar-refractivity contribution in [3.05, 3.63) is 41.0 Å². The van der Waals surface area contributed by atoms with E-state index in [9.17, 15) is 13.2 Å². The maximum Gasteiger partial charge on any atom is 0.435 e. The number of pyridine rings is 1. The third kappa shape index (κ3) is 2.64. The average Bonchev–Trinajstić information content (AvgIpc) is 2.75. The first-order valence-electron chi connectivity index (χ1n) is 5.61. The second kappa shape index (κ2) is 4.86. The van der Waals surface area contributed by atoms with Crippen molar-refractivity contribution in [2.75, 3.05) is 0 Å². The first-order valence-corrected chi connectivity index (χ1v) is 6.02. The maximum atomic E-state index is 12.6. The van der Waals surface area contributed by atoms with Crippen LogP contribution in [0, 0.1) is 13.8 Å². The highest BCUT2D eigenvalue weighted by atomic mass is 32.1. The van der Waals surface area contributed by atoms with Gasteiger partial charge in [-0.25, -0.2) is 4.68 Å². The molecule has 20 heavy (non-hydrogen) atoms. The van der Waals surface area contributed by atoms with Crippen LogP contribution in [-0.4, -0.2) is 19.8 Å². The van der Waals surface area contributed by atoms with Crippen molar-refractivity contribution in [1.82, 2.24) is 14.8 Å². The van der Waals surface area contributed by atoms with E-state index in [1.54, 1.807) is 19.9 Å². The number of alkyl halides is 3. The molecule has 0 unspecified atom stereocenters. The Hall–Kier alpha value is -1.96. The van der Waals surface area contributed by atoms with Gasteiger partial charge < -0.3 is 5.73 Å². The SMILES string of the molecule is Cc1cc(-n2ccc(C(F)(F)F)n2)c(C(N)=S)c(C)n1. The van der Waals surface area contributed by atoms with Gasteiger partial charge >= 0.3 is 6.18 Å². The van der Waals surface area contributed by atoms with Gasteiger partial charge in [-0.1, -0.05) is 12.2 Å². The predicted molar refractivity (Wildman–Crippen MR) is 71.7 cm³/mol. The molecule has 0 fully saturated rings. The lowest BCUT2D eigenvalue weighted by atomic mass is 10.1. The van der Waals surface area contributed by atoms with E-state index < -0.39 is 11.9 Å². The van der Waals surface area contributed by atoms with Crippen LogP contribution in [0.3, 0.4) is 0 Å². The molecule has 0 saturated carbocycles. The summed E-state index contributed by atoms with van der Waals surface area (Å²) in [6.45, 7) is 3.42. The normalized spacial score (nSPS) is 11.7. The van der Waals surface area contributed by atoms with Crippen LogP contribution in [0.2, 0.25) is 0 Å². The van der Waals surface area contributed by atoms with Gasteiger partial charge in [-0.3, -0.25) is 4.98 Å². The second-order valence-electron chi connectivity index (χ2n) is 4.25. The van der Waals surface area contributed by atoms with E-state index in [4.69, 9.17) is 18.0 Å². The van der Waals surface area contributed by atoms with Crippen molar-refractivity contribution in [1.29, 1.82) is 0 Å². The summed E-state index contributed by atoms with van der Waals surface area (Å²) < 4.78 is 38.9. The van der Waals surface area contributed by atoms with Gasteiger partial charge in [-0.15, -0.1) is 0 Å². The lowest BCUT2D eigenvalue weighted by Gasteiger charge is -2.12. The summed E-state index contributed by atoms with van der Waals surface area (Å²) >= 11 is 4.93. The lowest BCUT2D eigenvalue weighted by Crippen LogP contribution is -2.17. The molecule has 8 heteroatoms. The molecule has 0 aliphatic rings. The zero-order valence-electron chi connectivity index (χ0n) is 10.7. The molecule has 2 N–H and O–H groups in total. The summed E-state index contributed by atoms with van der Waals surface area (Å²) in [5.41, 5.74) is 6.65. The number of hydrogen-bond donors (Lipinski definition) is 1. The van der Waals surface area contributed by atoms with Gasteiger partial charge in [0.15, 0.2) is 5.69 Å². The van der Waals surface area contributed by atoms with Crippen LogP contribution in [-0.2, 0) is 6.18 Å². The highest BCUT2D eigenvalue weighted by Crippen LogP contribution is 2.28. The molecular formula is C12H11F3N4S. The Morgan fingerprint density at radius 1 is 1.35 bits per heavy atom. The van der Waals surface area contributed by atoms with Crippen molar-refractivity contribution >= 4 is 17.2 Å². The van der Waals surface area contributed by atoms with Crippen LogP contribution in [0.5, 0.6) is 0 Å². The van der Waals surface area contributed by atoms with E-state index in [0.29, 0.717) is 22.6 Å². The molecule has 0 radical (unpaired) electrons. The molecule has 0 spiro atoms. The zero-order valence-corrected chi connectivity index (χ0v) is 11.5. The van der Waals surface area contributed by atoms with Crippen molar-refractivity contribution < 1.29 is 13.2 Å². The third-order valence-electron chi connectivity index (χ3n) is 2.68. The van der Waals surface area contributed by atoms with E-state index >= 15 is 0 Å². The minimum absolute atomic E-state index is 0.0639. The molecule has 106 valence electrons. The first kappa shape index (κ1) is 14.4. The van der Waals surface area contributed by atoms with Crippen LogP contribution in [0.1, 0.15) is 22.6 Å². The van der Waals surface area contributed by atoms with Crippen LogP contribution >= 0.6 is 12.2 Å². The fourth-order valence-corrected chi connectivity index (χ4v) is 2.15. The number of hydrogen-bond acceptors (Lipinski definition) is 3. The molecule has 0 bridgehead atoms. The van der Waals surface area contributed by atoms with Crippen molar-refractivity contribution in [2.45, 2.75) is 20.0 Å². The van der Waals surface area contributed by atoms with Crippen molar-refractivity contribution in [2.24, 2.45) is 5.73 Å². The number of nitrogens with two attached hydrogens (primary N) is 1. The number of aryl methyl sites for hydroxylation is 2. The molecule has 0 atom stereocenters. The van der Waals surface area contributed by atoms with E-state index in [0.717, 1.165) is 10.7 Å². The standard InChI is InChI=1S/C12H11F3N4S/c1-6-5-8(10(11(16)20)7(2)17-6)19-4-3-9(18-19)12(13,14)15/h3-5H,1-2H3,(H2,16,20). The number of aromatic nitrogens is 3. The minimum atomic E-state index is -4.49. The molecule has 0 aromatic carbocycles. The molecule has 0 aliphatic carbocycles. The summed E-state index contributed by atoms with van der Waals surface area (Å²) in [4.78, 5) is 4.27. The summed E-state index contributed by atoms with van der Waals surface area (Å²) in [5.74, 6) is 0. The molecule has 2 aromatic heterocycles. The zero-order chi connectivity index (χ0) is 15.1. The molecule has 4 nitrogen and oxygen atoms in total. The van der Waals surface area contributed by atoms with E-state index in [1.807, 2.05) is 0 Å². The molecule has 0 saturated heterocycles. The molecule has 2 heterocycles. The Labute approximate surface area is 118 Å². The van der Waals surface area contributed by atoms with Crippen LogP contribution in [0.25, 0.3) is 5.69 Å². The molecule has 0 amide bonds. The van der Waals surface area contributed by atoms with Crippen LogP contribution in [0.4, 0.5) is 13.2 Å². The van der Waals surface area contributed by atoms with Gasteiger partial charge in [0, 0.05) is 17.6 Å². The van der Waals surface area contributed by atoms with Crippen LogP contribution in [0.15, 0.2) is 18.3 Å². The van der Waals surface area contributed by atoms with Gasteiger partial charge in [0.2, 0.25) is 0 Å². The van der Waals surface area contributed by atoms with Crippen LogP contribution < -0.4 is 5.73 Å². The van der Waals surface area contributed by atoms with Gasteiger partial charge in [-0.2, -0.15) is 18.3 Å². The van der Waals surface area contributed by atoms with E-state index in [2.05, 4.69) is 10.1 Å². The summed E-state index contributed by atoms with van der Waals surface area (Å²) in [7, 11) is 0. The van der Waals surface area contributed by atoms with Crippen molar-refractivity contribution in [3.63, 3.8) is 0 Å². The molecule has 2 aromatic rings. The smallest absolute Gasteiger partial charge is 0.389 e. The Bertz CT molecular complexity index is 676. The summed E-state index contributed by atoms with van der Waals surface area (Å²) in [6.07, 6.45) is -3.27. The van der Waals surface area contributed by atoms with Gasteiger partial charge in [0.25, 0.3) is 0 Å². The average molecular weight is 300 g/mol. The van der Waals surface area contributed by atoms with Crippen molar-refractivity contribution in [3.8, 4) is 5.69 Å². The largest absolute Gasteiger partial charge is 0.435 e. The molecular weight excluding hydrogens is 289 g/mol. The van der Waals surface area contributed by atoms with Gasteiger partial charge in [0.05, 0.1) is 11.3 Å². The summed E-state index contributed by atoms with van der Waals surface area (Å²) in [5, 5.41) is 3.53. The first-order chi connectivity index (χ1) is 9.20. The highest BCUT2D eigenvalue weighted by molar-refractivity contribution is 7.80. The lowest BCUT2D eigenvalue weighted by molar-refractivity contribution is -0.141. The number of thiocarbonyl (C=S) groups is 1. The Kier molecular flexibility index (Phi) is 3.51. The number of nitrogens with zero attached hydrogens (tertiary/aromatic N) is 3. The minimum Gasteiger partial charge on any atom is -0.389 e. The number of halogens is 3. The monoisotopic (exact) mass is 300 g/mol. The fourth-order valence-electron chi connectivity index (χ4n) is 1.90. The Morgan fingerprint density at radius 2 is 2.00 bits per heavy atom. The highest BCUT2D eigenvalue weighted by Gasteiger charge is 2.33. The van der Waals surface area contributed by atoms with Gasteiger partial charge in [0.1, 0.15) is 4.99 Å². The predicted octanol–water partition coefficient (Wildman–Crippen LogP) is 2.54. The Morgan fingerprint density at radius 3 is 2.50 bits per heavy atom. The maximum absolute atomic E-state index is 12.6. The topological polar surface area (TPSA) is 56.7 Å². The third-order valence-corrected chi connectivity index (χ3v) is 2.88. The summed E-state index contributed by atoms with van der Waals surface area (Å²) in [6, 6.07) is 2.49. The molecule has 0 aliphatic heterocycles. The molecule has 2 rings (SSSR count). The van der Waals surface area contributed by atoms with Gasteiger partial charge in [-0.05, 0) is 26.0 Å². The number of rotatable bonds is 2. The fraction of sp³-hybridized carbons (Fsp3) is 0.250. The van der Waals surface area contributed by atoms with E-state index in [-0.39, 0.29) is 4.99 Å². The Balaban J connectivity index is 2.63. The quantitative estimate of drug-likeness (QED) is 0.866. The second-order valence-corrected chi connectivity index (χ2v) is 4.69. The van der Waals surface area contributed by atoms with E-state index in [1.165, 1.54) is 6.20 Å².